The van der Waals surface area contributed by atoms with E-state index in [1.807, 2.05) is 23.6 Å². The average molecular weight is 482 g/mol. The van der Waals surface area contributed by atoms with Gasteiger partial charge in [-0.2, -0.15) is 18.2 Å². The van der Waals surface area contributed by atoms with Gasteiger partial charge in [-0.05, 0) is 58.8 Å². The van der Waals surface area contributed by atoms with E-state index in [2.05, 4.69) is 15.3 Å². The topological polar surface area (TPSA) is 69.0 Å². The largest absolute Gasteiger partial charge is 0.497 e. The third-order valence-corrected chi connectivity index (χ3v) is 6.18. The summed E-state index contributed by atoms with van der Waals surface area (Å²) in [6.07, 6.45) is -3.02. The number of benzene rings is 2. The lowest BCUT2D eigenvalue weighted by molar-refractivity contribution is -0.115. The minimum Gasteiger partial charge on any atom is -0.497 e. The van der Waals surface area contributed by atoms with Crippen molar-refractivity contribution in [1.29, 1.82) is 0 Å². The fourth-order valence-corrected chi connectivity index (χ4v) is 4.44. The van der Waals surface area contributed by atoms with Crippen LogP contribution in [0.2, 0.25) is 0 Å². The molecule has 0 fully saturated rings. The summed E-state index contributed by atoms with van der Waals surface area (Å²) in [5.41, 5.74) is 1.47. The van der Waals surface area contributed by atoms with Crippen molar-refractivity contribution in [2.75, 3.05) is 19.0 Å². The Morgan fingerprint density at radius 1 is 1.06 bits per heavy atom. The Bertz CT molecular complexity index is 1560. The summed E-state index contributed by atoms with van der Waals surface area (Å²) in [5, 5.41) is 5.59. The maximum absolute atomic E-state index is 13.7. The summed E-state index contributed by atoms with van der Waals surface area (Å²) in [4.78, 5) is 22.0. The van der Waals surface area contributed by atoms with E-state index < -0.39 is 12.7 Å². The average Bonchev–Trinajstić information content (AvgIpc) is 3.30. The number of rotatable bonds is 5. The van der Waals surface area contributed by atoms with Gasteiger partial charge in [0.2, 0.25) is 5.95 Å². The number of hydrogen-bond donors (Lipinski definition) is 1. The molecule has 0 aliphatic heterocycles. The fraction of sp³-hybridized carbons (Fsp3) is 0.125. The number of halogens is 3. The maximum Gasteiger partial charge on any atom is 0.405 e. The molecule has 0 saturated carbocycles. The fourth-order valence-electron chi connectivity index (χ4n) is 3.67. The lowest BCUT2D eigenvalue weighted by Gasteiger charge is -2.14. The van der Waals surface area contributed by atoms with Gasteiger partial charge in [-0.3, -0.25) is 9.36 Å². The Kier molecular flexibility index (Phi) is 5.45. The van der Waals surface area contributed by atoms with E-state index in [1.165, 1.54) is 10.8 Å². The molecule has 0 aliphatic carbocycles. The predicted octanol–water partition coefficient (Wildman–Crippen LogP) is 5.65. The van der Waals surface area contributed by atoms with Crippen LogP contribution in [0.1, 0.15) is 0 Å². The van der Waals surface area contributed by atoms with Gasteiger partial charge in [0, 0.05) is 21.8 Å². The van der Waals surface area contributed by atoms with Gasteiger partial charge in [0.25, 0.3) is 5.56 Å². The molecule has 3 aromatic heterocycles. The van der Waals surface area contributed by atoms with Crippen molar-refractivity contribution in [3.05, 3.63) is 76.5 Å². The van der Waals surface area contributed by atoms with Gasteiger partial charge < -0.3 is 10.1 Å². The van der Waals surface area contributed by atoms with E-state index >= 15 is 0 Å². The number of thiophene rings is 1. The van der Waals surface area contributed by atoms with Gasteiger partial charge in [0.1, 0.15) is 12.3 Å². The number of anilines is 1. The Balaban J connectivity index is 1.74. The predicted molar refractivity (Wildman–Crippen MR) is 127 cm³/mol. The van der Waals surface area contributed by atoms with E-state index in [9.17, 15) is 18.0 Å². The summed E-state index contributed by atoms with van der Waals surface area (Å²) in [6, 6.07) is 16.2. The normalized spacial score (nSPS) is 11.8. The number of fused-ring (bicyclic) bond motifs is 2. The first-order chi connectivity index (χ1) is 16.3. The van der Waals surface area contributed by atoms with Gasteiger partial charge in [-0.25, -0.2) is 4.98 Å². The Morgan fingerprint density at radius 3 is 2.59 bits per heavy atom. The standard InChI is InChI=1S/C24H17F3N4O2S/c1-33-18-5-2-14(3-6-18)19-11-16-12-28-23(29-13-24(25,26)27)30-21(16)31(22(19)32)17-4-7-20-15(10-17)8-9-34-20/h2-12H,13H2,1H3,(H,28,29,30). The molecule has 6 nitrogen and oxygen atoms in total. The van der Waals surface area contributed by atoms with Crippen LogP contribution in [0.25, 0.3) is 37.9 Å². The zero-order chi connectivity index (χ0) is 23.9. The zero-order valence-corrected chi connectivity index (χ0v) is 18.6. The molecular formula is C24H17F3N4O2S. The molecule has 0 spiro atoms. The van der Waals surface area contributed by atoms with Crippen LogP contribution in [0, 0.1) is 0 Å². The molecule has 0 radical (unpaired) electrons. The minimum atomic E-state index is -4.43. The summed E-state index contributed by atoms with van der Waals surface area (Å²) < 4.78 is 45.7. The summed E-state index contributed by atoms with van der Waals surface area (Å²) >= 11 is 1.57. The highest BCUT2D eigenvalue weighted by Crippen LogP contribution is 2.27. The monoisotopic (exact) mass is 482 g/mol. The quantitative estimate of drug-likeness (QED) is 0.351. The number of methoxy groups -OCH3 is 1. The number of pyridine rings is 1. The zero-order valence-electron chi connectivity index (χ0n) is 17.8. The molecule has 0 atom stereocenters. The Morgan fingerprint density at radius 2 is 1.85 bits per heavy atom. The van der Waals surface area contributed by atoms with Crippen LogP contribution in [0.5, 0.6) is 5.75 Å². The lowest BCUT2D eigenvalue weighted by Crippen LogP contribution is -2.24. The molecule has 5 rings (SSSR count). The number of ether oxygens (including phenoxy) is 1. The molecular weight excluding hydrogens is 465 g/mol. The van der Waals surface area contributed by atoms with Crippen molar-refractivity contribution in [2.45, 2.75) is 6.18 Å². The van der Waals surface area contributed by atoms with Gasteiger partial charge in [-0.15, -0.1) is 11.3 Å². The van der Waals surface area contributed by atoms with Crippen molar-refractivity contribution in [2.24, 2.45) is 0 Å². The van der Waals surface area contributed by atoms with Gasteiger partial charge in [0.05, 0.1) is 12.8 Å². The highest BCUT2D eigenvalue weighted by atomic mass is 32.1. The van der Waals surface area contributed by atoms with Gasteiger partial charge in [0.15, 0.2) is 5.65 Å². The number of nitrogens with zero attached hydrogens (tertiary/aromatic N) is 3. The van der Waals surface area contributed by atoms with E-state index in [4.69, 9.17) is 4.74 Å². The molecule has 0 unspecified atom stereocenters. The molecule has 2 aromatic carbocycles. The molecule has 10 heteroatoms. The van der Waals surface area contributed by atoms with E-state index in [-0.39, 0.29) is 17.2 Å². The second-order valence-electron chi connectivity index (χ2n) is 7.51. The number of nitrogens with one attached hydrogen (secondary N) is 1. The van der Waals surface area contributed by atoms with Gasteiger partial charge in [-0.1, -0.05) is 12.1 Å². The van der Waals surface area contributed by atoms with Crippen molar-refractivity contribution >= 4 is 38.4 Å². The van der Waals surface area contributed by atoms with E-state index in [0.717, 1.165) is 10.1 Å². The third-order valence-electron chi connectivity index (χ3n) is 5.28. The summed E-state index contributed by atoms with van der Waals surface area (Å²) in [5.74, 6) is 0.434. The third kappa shape index (κ3) is 4.19. The van der Waals surface area contributed by atoms with Crippen LogP contribution < -0.4 is 15.6 Å². The molecule has 5 aromatic rings. The highest BCUT2D eigenvalue weighted by Gasteiger charge is 2.27. The van der Waals surface area contributed by atoms with E-state index in [0.29, 0.717) is 28.0 Å². The van der Waals surface area contributed by atoms with E-state index in [1.54, 1.807) is 54.8 Å². The Labute approximate surface area is 195 Å². The molecule has 0 saturated heterocycles. The summed E-state index contributed by atoms with van der Waals surface area (Å²) in [7, 11) is 1.56. The van der Waals surface area contributed by atoms with Crippen LogP contribution in [0.4, 0.5) is 19.1 Å². The number of alkyl halides is 3. The first-order valence-electron chi connectivity index (χ1n) is 10.2. The van der Waals surface area contributed by atoms with Gasteiger partial charge >= 0.3 is 6.18 Å². The van der Waals surface area contributed by atoms with Crippen molar-refractivity contribution in [3.8, 4) is 22.6 Å². The maximum atomic E-state index is 13.7. The number of aromatic nitrogens is 3. The Hall–Kier alpha value is -3.92. The van der Waals surface area contributed by atoms with Crippen LogP contribution in [0.3, 0.4) is 0 Å². The van der Waals surface area contributed by atoms with Crippen molar-refractivity contribution in [3.63, 3.8) is 0 Å². The molecule has 172 valence electrons. The van der Waals surface area contributed by atoms with Crippen molar-refractivity contribution in [1.82, 2.24) is 14.5 Å². The second-order valence-corrected chi connectivity index (χ2v) is 8.46. The molecule has 0 aliphatic rings. The van der Waals surface area contributed by atoms with Crippen LogP contribution in [-0.4, -0.2) is 34.4 Å². The van der Waals surface area contributed by atoms with Crippen LogP contribution in [0.15, 0.2) is 71.0 Å². The lowest BCUT2D eigenvalue weighted by atomic mass is 10.1. The highest BCUT2D eigenvalue weighted by molar-refractivity contribution is 7.17. The SMILES string of the molecule is COc1ccc(-c2cc3cnc(NCC(F)(F)F)nc3n(-c3ccc4sccc4c3)c2=O)cc1. The smallest absolute Gasteiger partial charge is 0.405 e. The molecule has 1 N–H and O–H groups in total. The van der Waals surface area contributed by atoms with Crippen LogP contribution in [-0.2, 0) is 0 Å². The summed E-state index contributed by atoms with van der Waals surface area (Å²) in [6.45, 7) is -1.28. The second kappa shape index (κ2) is 8.45. The molecule has 0 amide bonds. The van der Waals surface area contributed by atoms with Crippen LogP contribution >= 0.6 is 11.3 Å². The van der Waals surface area contributed by atoms with Crippen molar-refractivity contribution < 1.29 is 17.9 Å². The molecule has 0 bridgehead atoms. The first kappa shape index (κ1) is 21.9. The molecule has 3 heterocycles. The first-order valence-corrected chi connectivity index (χ1v) is 11.1. The molecule has 34 heavy (non-hydrogen) atoms. The number of hydrogen-bond acceptors (Lipinski definition) is 6. The minimum absolute atomic E-state index is 0.205.